The van der Waals surface area contributed by atoms with Crippen molar-refractivity contribution >= 4 is 0 Å². The molecule has 1 rings (SSSR count). The van der Waals surface area contributed by atoms with Crippen LogP contribution in [0.15, 0.2) is 18.2 Å². The lowest BCUT2D eigenvalue weighted by atomic mass is 10.1. The van der Waals surface area contributed by atoms with Crippen LogP contribution in [0, 0.1) is 6.92 Å². The van der Waals surface area contributed by atoms with Gasteiger partial charge in [0.2, 0.25) is 0 Å². The molecule has 1 aromatic rings. The van der Waals surface area contributed by atoms with Crippen LogP contribution >= 0.6 is 0 Å². The van der Waals surface area contributed by atoms with Crippen LogP contribution in [0.2, 0.25) is 0 Å². The van der Waals surface area contributed by atoms with E-state index in [9.17, 15) is 0 Å². The zero-order valence-corrected chi connectivity index (χ0v) is 10.1. The SMILES string of the molecule is CC.CCCc1cc(C)ccc1OC. The van der Waals surface area contributed by atoms with Crippen LogP contribution in [0.5, 0.6) is 5.75 Å². The minimum absolute atomic E-state index is 1.02. The predicted molar refractivity (Wildman–Crippen MR) is 63.1 cm³/mol. The van der Waals surface area contributed by atoms with E-state index in [0.717, 1.165) is 12.2 Å². The second kappa shape index (κ2) is 7.43. The third-order valence-corrected chi connectivity index (χ3v) is 1.96. The lowest BCUT2D eigenvalue weighted by Gasteiger charge is -2.07. The van der Waals surface area contributed by atoms with Gasteiger partial charge < -0.3 is 4.74 Å². The third kappa shape index (κ3) is 3.82. The fourth-order valence-corrected chi connectivity index (χ4v) is 1.37. The van der Waals surface area contributed by atoms with Crippen LogP contribution in [0.1, 0.15) is 38.3 Å². The molecular formula is C13H22O. The van der Waals surface area contributed by atoms with Gasteiger partial charge >= 0.3 is 0 Å². The molecule has 0 aliphatic heterocycles. The fraction of sp³-hybridized carbons (Fsp3) is 0.538. The molecule has 0 aliphatic rings. The Hall–Kier alpha value is -0.980. The van der Waals surface area contributed by atoms with Crippen molar-refractivity contribution in [2.24, 2.45) is 0 Å². The maximum absolute atomic E-state index is 5.25. The highest BCUT2D eigenvalue weighted by Crippen LogP contribution is 2.20. The molecular weight excluding hydrogens is 172 g/mol. The van der Waals surface area contributed by atoms with Crippen LogP contribution in [0.3, 0.4) is 0 Å². The van der Waals surface area contributed by atoms with Crippen molar-refractivity contribution in [2.45, 2.75) is 40.5 Å². The quantitative estimate of drug-likeness (QED) is 0.707. The van der Waals surface area contributed by atoms with Crippen molar-refractivity contribution in [3.63, 3.8) is 0 Å². The standard InChI is InChI=1S/C11H16O.C2H6/c1-4-5-10-8-9(2)6-7-11(10)12-3;1-2/h6-8H,4-5H2,1-3H3;1-2H3. The van der Waals surface area contributed by atoms with Gasteiger partial charge in [-0.3, -0.25) is 0 Å². The van der Waals surface area contributed by atoms with Gasteiger partial charge in [0.25, 0.3) is 0 Å². The van der Waals surface area contributed by atoms with Crippen LogP contribution in [0.4, 0.5) is 0 Å². The fourth-order valence-electron chi connectivity index (χ4n) is 1.37. The van der Waals surface area contributed by atoms with Crippen molar-refractivity contribution in [1.29, 1.82) is 0 Å². The molecule has 0 saturated carbocycles. The molecule has 0 atom stereocenters. The smallest absolute Gasteiger partial charge is 0.122 e. The number of hydrogen-bond acceptors (Lipinski definition) is 1. The van der Waals surface area contributed by atoms with Gasteiger partial charge in [-0.15, -0.1) is 0 Å². The Bertz CT molecular complexity index is 253. The summed E-state index contributed by atoms with van der Waals surface area (Å²) in [6.07, 6.45) is 2.27. The van der Waals surface area contributed by atoms with Crippen LogP contribution < -0.4 is 4.74 Å². The molecule has 0 radical (unpaired) electrons. The molecule has 0 amide bonds. The van der Waals surface area contributed by atoms with Gasteiger partial charge in [0.15, 0.2) is 0 Å². The van der Waals surface area contributed by atoms with E-state index in [2.05, 4.69) is 26.0 Å². The number of hydrogen-bond donors (Lipinski definition) is 0. The summed E-state index contributed by atoms with van der Waals surface area (Å²) in [4.78, 5) is 0. The Morgan fingerprint density at radius 3 is 2.36 bits per heavy atom. The minimum atomic E-state index is 1.02. The van der Waals surface area contributed by atoms with Crippen molar-refractivity contribution in [1.82, 2.24) is 0 Å². The second-order valence-electron chi connectivity index (χ2n) is 3.07. The Kier molecular flexibility index (Phi) is 6.91. The molecule has 14 heavy (non-hydrogen) atoms. The van der Waals surface area contributed by atoms with Crippen molar-refractivity contribution in [3.05, 3.63) is 29.3 Å². The molecule has 80 valence electrons. The maximum Gasteiger partial charge on any atom is 0.122 e. The first kappa shape index (κ1) is 13.0. The van der Waals surface area contributed by atoms with Gasteiger partial charge in [-0.1, -0.05) is 44.9 Å². The zero-order valence-electron chi connectivity index (χ0n) is 10.1. The van der Waals surface area contributed by atoms with Crippen LogP contribution in [-0.4, -0.2) is 7.11 Å². The number of ether oxygens (including phenoxy) is 1. The van der Waals surface area contributed by atoms with E-state index in [0.29, 0.717) is 0 Å². The topological polar surface area (TPSA) is 9.23 Å². The highest BCUT2D eigenvalue weighted by Gasteiger charge is 2.00. The first-order chi connectivity index (χ1) is 6.77. The largest absolute Gasteiger partial charge is 0.496 e. The van der Waals surface area contributed by atoms with Crippen LogP contribution in [-0.2, 0) is 6.42 Å². The van der Waals surface area contributed by atoms with E-state index < -0.39 is 0 Å². The van der Waals surface area contributed by atoms with Gasteiger partial charge in [-0.2, -0.15) is 0 Å². The summed E-state index contributed by atoms with van der Waals surface area (Å²) in [5.41, 5.74) is 2.62. The Balaban J connectivity index is 0.000000791. The molecule has 1 aromatic carbocycles. The first-order valence-corrected chi connectivity index (χ1v) is 5.41. The molecule has 0 N–H and O–H groups in total. The van der Waals surface area contributed by atoms with E-state index in [1.807, 2.05) is 19.9 Å². The van der Waals surface area contributed by atoms with Gasteiger partial charge in [-0.05, 0) is 25.0 Å². The Morgan fingerprint density at radius 1 is 1.21 bits per heavy atom. The van der Waals surface area contributed by atoms with Gasteiger partial charge in [-0.25, -0.2) is 0 Å². The van der Waals surface area contributed by atoms with Crippen LogP contribution in [0.25, 0.3) is 0 Å². The summed E-state index contributed by atoms with van der Waals surface area (Å²) in [5.74, 6) is 1.02. The number of rotatable bonds is 3. The van der Waals surface area contributed by atoms with Gasteiger partial charge in [0.05, 0.1) is 7.11 Å². The highest BCUT2D eigenvalue weighted by atomic mass is 16.5. The highest BCUT2D eigenvalue weighted by molar-refractivity contribution is 5.36. The average Bonchev–Trinajstić information content (AvgIpc) is 2.22. The summed E-state index contributed by atoms with van der Waals surface area (Å²) in [6, 6.07) is 6.32. The normalized spacial score (nSPS) is 8.93. The molecule has 0 saturated heterocycles. The summed E-state index contributed by atoms with van der Waals surface area (Å²) in [6.45, 7) is 8.29. The number of aryl methyl sites for hydroxylation is 2. The van der Waals surface area contributed by atoms with Crippen molar-refractivity contribution in [2.75, 3.05) is 7.11 Å². The van der Waals surface area contributed by atoms with Crippen molar-refractivity contribution < 1.29 is 4.74 Å². The molecule has 1 heteroatoms. The third-order valence-electron chi connectivity index (χ3n) is 1.96. The summed E-state index contributed by atoms with van der Waals surface area (Å²) >= 11 is 0. The first-order valence-electron chi connectivity index (χ1n) is 5.41. The summed E-state index contributed by atoms with van der Waals surface area (Å²) < 4.78 is 5.25. The van der Waals surface area contributed by atoms with E-state index in [1.54, 1.807) is 7.11 Å². The average molecular weight is 194 g/mol. The molecule has 0 bridgehead atoms. The lowest BCUT2D eigenvalue weighted by molar-refractivity contribution is 0.409. The molecule has 1 nitrogen and oxygen atoms in total. The number of methoxy groups -OCH3 is 1. The summed E-state index contributed by atoms with van der Waals surface area (Å²) in [5, 5.41) is 0. The van der Waals surface area contributed by atoms with E-state index >= 15 is 0 Å². The Morgan fingerprint density at radius 2 is 1.86 bits per heavy atom. The molecule has 0 heterocycles. The second-order valence-corrected chi connectivity index (χ2v) is 3.07. The zero-order chi connectivity index (χ0) is 11.0. The van der Waals surface area contributed by atoms with E-state index in [1.165, 1.54) is 17.5 Å². The molecule has 0 unspecified atom stereocenters. The molecule has 0 spiro atoms. The van der Waals surface area contributed by atoms with Gasteiger partial charge in [0, 0.05) is 0 Å². The maximum atomic E-state index is 5.25. The molecule has 0 aliphatic carbocycles. The van der Waals surface area contributed by atoms with Crippen molar-refractivity contribution in [3.8, 4) is 5.75 Å². The van der Waals surface area contributed by atoms with Gasteiger partial charge in [0.1, 0.15) is 5.75 Å². The summed E-state index contributed by atoms with van der Waals surface area (Å²) in [7, 11) is 1.73. The minimum Gasteiger partial charge on any atom is -0.496 e. The van der Waals surface area contributed by atoms with E-state index in [-0.39, 0.29) is 0 Å². The molecule has 0 fully saturated rings. The Labute approximate surface area is 88.1 Å². The van der Waals surface area contributed by atoms with E-state index in [4.69, 9.17) is 4.74 Å². The lowest BCUT2D eigenvalue weighted by Crippen LogP contribution is -1.91. The monoisotopic (exact) mass is 194 g/mol. The molecule has 0 aromatic heterocycles. The number of benzene rings is 1. The predicted octanol–water partition coefficient (Wildman–Crippen LogP) is 3.98.